The zero-order valence-corrected chi connectivity index (χ0v) is 16.6. The molecule has 0 aliphatic rings. The molecule has 0 saturated heterocycles. The molecule has 144 valence electrons. The van der Waals surface area contributed by atoms with E-state index in [2.05, 4.69) is 20.2 Å². The number of carbonyl (C=O) groups is 1. The first-order chi connectivity index (χ1) is 13.3. The Hall–Kier alpha value is -2.98. The van der Waals surface area contributed by atoms with Gasteiger partial charge in [0.1, 0.15) is 11.2 Å². The number of nitrogens with one attached hydrogen (secondary N) is 2. The summed E-state index contributed by atoms with van der Waals surface area (Å²) in [5, 5.41) is 11.9. The summed E-state index contributed by atoms with van der Waals surface area (Å²) in [6.07, 6.45) is 0. The minimum Gasteiger partial charge on any atom is -0.456 e. The number of amides is 1. The van der Waals surface area contributed by atoms with Crippen LogP contribution in [0.3, 0.4) is 0 Å². The Bertz CT molecular complexity index is 1290. The molecule has 0 aliphatic carbocycles. The van der Waals surface area contributed by atoms with Crippen LogP contribution in [0.2, 0.25) is 0 Å². The van der Waals surface area contributed by atoms with Crippen LogP contribution in [0, 0.1) is 5.92 Å². The van der Waals surface area contributed by atoms with Gasteiger partial charge in [0, 0.05) is 22.8 Å². The van der Waals surface area contributed by atoms with Gasteiger partial charge in [0.15, 0.2) is 0 Å². The lowest BCUT2D eigenvalue weighted by Crippen LogP contribution is -2.17. The van der Waals surface area contributed by atoms with Gasteiger partial charge in [-0.05, 0) is 18.2 Å². The number of aromatic nitrogens is 2. The topological polar surface area (TPSA) is 114 Å². The van der Waals surface area contributed by atoms with Crippen LogP contribution >= 0.6 is 11.3 Å². The number of para-hydroxylation sites is 1. The van der Waals surface area contributed by atoms with Crippen molar-refractivity contribution in [2.45, 2.75) is 18.2 Å². The van der Waals surface area contributed by atoms with Crippen molar-refractivity contribution < 1.29 is 17.6 Å². The van der Waals surface area contributed by atoms with Crippen LogP contribution in [-0.2, 0) is 14.8 Å². The monoisotopic (exact) mass is 416 g/mol. The van der Waals surface area contributed by atoms with E-state index in [4.69, 9.17) is 4.42 Å². The van der Waals surface area contributed by atoms with E-state index in [1.165, 1.54) is 0 Å². The average molecular weight is 416 g/mol. The van der Waals surface area contributed by atoms with Crippen LogP contribution in [0.15, 0.2) is 51.2 Å². The Balaban J connectivity index is 1.60. The zero-order valence-electron chi connectivity index (χ0n) is 15.0. The molecule has 2 N–H and O–H groups in total. The van der Waals surface area contributed by atoms with Gasteiger partial charge in [0.2, 0.25) is 11.0 Å². The highest BCUT2D eigenvalue weighted by molar-refractivity contribution is 7.94. The standard InChI is InChI=1S/C18H16N4O4S2/c1-10(2)16(23)19-17-20-21-18(27-17)28(24,25)22-11-7-8-13-12-5-3-4-6-14(12)26-15(13)9-11/h3-10,22H,1-2H3,(H,19,20,23). The normalized spacial score (nSPS) is 12.0. The molecule has 0 atom stereocenters. The third kappa shape index (κ3) is 3.43. The molecule has 2 aromatic heterocycles. The summed E-state index contributed by atoms with van der Waals surface area (Å²) in [4.78, 5) is 11.7. The van der Waals surface area contributed by atoms with Crippen LogP contribution in [0.4, 0.5) is 10.8 Å². The Labute approximate surface area is 164 Å². The van der Waals surface area contributed by atoms with Gasteiger partial charge in [0.05, 0.1) is 5.69 Å². The van der Waals surface area contributed by atoms with E-state index in [-0.39, 0.29) is 21.3 Å². The van der Waals surface area contributed by atoms with Crippen molar-refractivity contribution in [3.05, 3.63) is 42.5 Å². The third-order valence-corrected chi connectivity index (χ3v) is 6.61. The highest BCUT2D eigenvalue weighted by atomic mass is 32.2. The summed E-state index contributed by atoms with van der Waals surface area (Å²) in [5.74, 6) is -0.513. The molecule has 28 heavy (non-hydrogen) atoms. The summed E-state index contributed by atoms with van der Waals surface area (Å²) in [6.45, 7) is 3.45. The molecule has 0 bridgehead atoms. The molecular formula is C18H16N4O4S2. The second kappa shape index (κ2) is 6.88. The molecule has 4 rings (SSSR count). The molecule has 10 heteroatoms. The average Bonchev–Trinajstić information content (AvgIpc) is 3.25. The molecule has 0 saturated carbocycles. The fourth-order valence-corrected chi connectivity index (χ4v) is 4.56. The lowest BCUT2D eigenvalue weighted by Gasteiger charge is -2.05. The molecule has 1 amide bonds. The number of hydrogen-bond acceptors (Lipinski definition) is 7. The van der Waals surface area contributed by atoms with Gasteiger partial charge >= 0.3 is 0 Å². The van der Waals surface area contributed by atoms with Gasteiger partial charge in [-0.2, -0.15) is 8.42 Å². The van der Waals surface area contributed by atoms with Crippen molar-refractivity contribution in [1.82, 2.24) is 10.2 Å². The minimum absolute atomic E-state index is 0.131. The van der Waals surface area contributed by atoms with Gasteiger partial charge in [0.25, 0.3) is 14.4 Å². The molecule has 2 heterocycles. The maximum absolute atomic E-state index is 12.6. The number of furan rings is 1. The van der Waals surface area contributed by atoms with Crippen molar-refractivity contribution in [3.8, 4) is 0 Å². The summed E-state index contributed by atoms with van der Waals surface area (Å²) >= 11 is 0.784. The van der Waals surface area contributed by atoms with Gasteiger partial charge in [-0.3, -0.25) is 9.52 Å². The van der Waals surface area contributed by atoms with E-state index >= 15 is 0 Å². The quantitative estimate of drug-likeness (QED) is 0.478. The van der Waals surface area contributed by atoms with Crippen LogP contribution in [-0.4, -0.2) is 24.5 Å². The molecule has 2 aromatic carbocycles. The second-order valence-corrected chi connectivity index (χ2v) is 9.27. The van der Waals surface area contributed by atoms with E-state index in [0.717, 1.165) is 27.7 Å². The number of hydrogen-bond donors (Lipinski definition) is 2. The first-order valence-electron chi connectivity index (χ1n) is 8.42. The fourth-order valence-electron chi connectivity index (χ4n) is 2.61. The minimum atomic E-state index is -3.95. The lowest BCUT2D eigenvalue weighted by molar-refractivity contribution is -0.118. The van der Waals surface area contributed by atoms with Crippen molar-refractivity contribution in [3.63, 3.8) is 0 Å². The van der Waals surface area contributed by atoms with E-state index in [9.17, 15) is 13.2 Å². The molecular weight excluding hydrogens is 400 g/mol. The van der Waals surface area contributed by atoms with Gasteiger partial charge < -0.3 is 9.73 Å². The summed E-state index contributed by atoms with van der Waals surface area (Å²) < 4.78 is 33.2. The molecule has 8 nitrogen and oxygen atoms in total. The van der Waals surface area contributed by atoms with Crippen molar-refractivity contribution >= 4 is 60.0 Å². The number of carbonyl (C=O) groups excluding carboxylic acids is 1. The van der Waals surface area contributed by atoms with Crippen molar-refractivity contribution in [1.29, 1.82) is 0 Å². The van der Waals surface area contributed by atoms with E-state index in [0.29, 0.717) is 11.3 Å². The van der Waals surface area contributed by atoms with E-state index in [1.54, 1.807) is 32.0 Å². The number of benzene rings is 2. The number of anilines is 2. The Morgan fingerprint density at radius 2 is 1.82 bits per heavy atom. The van der Waals surface area contributed by atoms with Gasteiger partial charge in [-0.15, -0.1) is 10.2 Å². The third-order valence-electron chi connectivity index (χ3n) is 4.02. The SMILES string of the molecule is CC(C)C(=O)Nc1nnc(S(=O)(=O)Nc2ccc3c(c2)oc2ccccc23)s1. The zero-order chi connectivity index (χ0) is 19.9. The number of rotatable bonds is 5. The molecule has 4 aromatic rings. The molecule has 0 unspecified atom stereocenters. The van der Waals surface area contributed by atoms with Gasteiger partial charge in [-0.25, -0.2) is 0 Å². The number of sulfonamides is 1. The van der Waals surface area contributed by atoms with Crippen molar-refractivity contribution in [2.75, 3.05) is 10.0 Å². The maximum Gasteiger partial charge on any atom is 0.291 e. The summed E-state index contributed by atoms with van der Waals surface area (Å²) in [5.41, 5.74) is 1.64. The van der Waals surface area contributed by atoms with Crippen LogP contribution in [0.5, 0.6) is 0 Å². The van der Waals surface area contributed by atoms with Gasteiger partial charge in [-0.1, -0.05) is 43.4 Å². The predicted molar refractivity (Wildman–Crippen MR) is 108 cm³/mol. The second-order valence-electron chi connectivity index (χ2n) is 6.43. The first kappa shape index (κ1) is 18.4. The molecule has 0 spiro atoms. The molecule has 0 radical (unpaired) electrons. The summed E-state index contributed by atoms with van der Waals surface area (Å²) in [6, 6.07) is 12.7. The molecule has 0 fully saturated rings. The smallest absolute Gasteiger partial charge is 0.291 e. The predicted octanol–water partition coefficient (Wildman–Crippen LogP) is 3.83. The maximum atomic E-state index is 12.6. The largest absolute Gasteiger partial charge is 0.456 e. The summed E-state index contributed by atoms with van der Waals surface area (Å²) in [7, 11) is -3.95. The fraction of sp³-hybridized carbons (Fsp3) is 0.167. The Morgan fingerprint density at radius 3 is 2.61 bits per heavy atom. The van der Waals surface area contributed by atoms with Crippen LogP contribution in [0.25, 0.3) is 21.9 Å². The highest BCUT2D eigenvalue weighted by Gasteiger charge is 2.22. The van der Waals surface area contributed by atoms with E-state index < -0.39 is 10.0 Å². The highest BCUT2D eigenvalue weighted by Crippen LogP contribution is 2.31. The van der Waals surface area contributed by atoms with Crippen LogP contribution < -0.4 is 10.0 Å². The lowest BCUT2D eigenvalue weighted by atomic mass is 10.1. The Kier molecular flexibility index (Phi) is 4.52. The van der Waals surface area contributed by atoms with Crippen molar-refractivity contribution in [2.24, 2.45) is 5.92 Å². The van der Waals surface area contributed by atoms with E-state index in [1.807, 2.05) is 24.3 Å². The molecule has 0 aliphatic heterocycles. The number of fused-ring (bicyclic) bond motifs is 3. The van der Waals surface area contributed by atoms with Crippen LogP contribution in [0.1, 0.15) is 13.8 Å². The Morgan fingerprint density at radius 1 is 1.07 bits per heavy atom. The number of nitrogens with zero attached hydrogens (tertiary/aromatic N) is 2. The first-order valence-corrected chi connectivity index (χ1v) is 10.7.